The number of fused-ring (bicyclic) bond motifs is 2. The van der Waals surface area contributed by atoms with Crippen LogP contribution in [0.2, 0.25) is 0 Å². The van der Waals surface area contributed by atoms with Crippen LogP contribution in [0.5, 0.6) is 0 Å². The van der Waals surface area contributed by atoms with E-state index < -0.39 is 0 Å². The minimum absolute atomic E-state index is 0.291. The first-order valence-corrected chi connectivity index (χ1v) is 8.71. The standard InChI is InChI=1S/C17H16N2Se/c1-10-5-7-11(8-6-10)15-9-14-17(20-15)16(18)12-3-2-4-13(12)19-14/h5-9H,2-4H2,1H3,(H2,18,19). The van der Waals surface area contributed by atoms with Crippen LogP contribution in [0, 0.1) is 6.92 Å². The zero-order valence-electron chi connectivity index (χ0n) is 11.4. The second kappa shape index (κ2) is 4.47. The normalized spacial score (nSPS) is 13.8. The fourth-order valence-electron chi connectivity index (χ4n) is 2.94. The summed E-state index contributed by atoms with van der Waals surface area (Å²) in [5, 5.41) is 0. The number of benzene rings is 1. The van der Waals surface area contributed by atoms with Crippen molar-refractivity contribution in [2.24, 2.45) is 0 Å². The van der Waals surface area contributed by atoms with Crippen LogP contribution in [0.1, 0.15) is 23.2 Å². The second-order valence-electron chi connectivity index (χ2n) is 5.50. The molecule has 20 heavy (non-hydrogen) atoms. The molecule has 2 nitrogen and oxygen atoms in total. The van der Waals surface area contributed by atoms with Gasteiger partial charge in [-0.1, -0.05) is 0 Å². The predicted octanol–water partition coefficient (Wildman–Crippen LogP) is 3.34. The number of nitrogens with zero attached hydrogens (tertiary/aromatic N) is 1. The summed E-state index contributed by atoms with van der Waals surface area (Å²) in [6.07, 6.45) is 3.40. The van der Waals surface area contributed by atoms with Gasteiger partial charge in [-0.2, -0.15) is 0 Å². The van der Waals surface area contributed by atoms with E-state index >= 15 is 0 Å². The van der Waals surface area contributed by atoms with Gasteiger partial charge in [-0.15, -0.1) is 0 Å². The van der Waals surface area contributed by atoms with Gasteiger partial charge in [-0.05, 0) is 0 Å². The molecule has 3 aromatic rings. The van der Waals surface area contributed by atoms with Gasteiger partial charge in [0.2, 0.25) is 0 Å². The van der Waals surface area contributed by atoms with Crippen molar-refractivity contribution in [3.63, 3.8) is 0 Å². The molecule has 1 aliphatic carbocycles. The average Bonchev–Trinajstić information content (AvgIpc) is 3.06. The van der Waals surface area contributed by atoms with Crippen LogP contribution in [0.4, 0.5) is 5.69 Å². The van der Waals surface area contributed by atoms with Gasteiger partial charge >= 0.3 is 124 Å². The van der Waals surface area contributed by atoms with E-state index in [2.05, 4.69) is 37.3 Å². The third kappa shape index (κ3) is 1.81. The van der Waals surface area contributed by atoms with Gasteiger partial charge < -0.3 is 0 Å². The predicted molar refractivity (Wildman–Crippen MR) is 85.3 cm³/mol. The van der Waals surface area contributed by atoms with Crippen LogP contribution in [-0.4, -0.2) is 19.5 Å². The molecule has 1 aliphatic rings. The SMILES string of the molecule is Cc1ccc(-c2cc3nc4c(c(N)c3[se]2)CCC4)cc1. The summed E-state index contributed by atoms with van der Waals surface area (Å²) in [7, 11) is 0. The number of rotatable bonds is 1. The fourth-order valence-corrected chi connectivity index (χ4v) is 5.22. The van der Waals surface area contributed by atoms with Gasteiger partial charge in [-0.25, -0.2) is 0 Å². The molecule has 0 aliphatic heterocycles. The van der Waals surface area contributed by atoms with Gasteiger partial charge in [0.05, 0.1) is 0 Å². The Labute approximate surface area is 124 Å². The molecule has 0 bridgehead atoms. The van der Waals surface area contributed by atoms with Gasteiger partial charge in [0.25, 0.3) is 0 Å². The Morgan fingerprint density at radius 3 is 2.75 bits per heavy atom. The summed E-state index contributed by atoms with van der Waals surface area (Å²) < 4.78 is 2.70. The maximum absolute atomic E-state index is 6.39. The maximum atomic E-state index is 6.39. The molecule has 4 rings (SSSR count). The van der Waals surface area contributed by atoms with Crippen LogP contribution in [0.25, 0.3) is 19.8 Å². The number of aryl methyl sites for hydroxylation is 2. The topological polar surface area (TPSA) is 38.9 Å². The molecule has 2 aromatic heterocycles. The Morgan fingerprint density at radius 2 is 1.95 bits per heavy atom. The average molecular weight is 327 g/mol. The molecule has 0 saturated heterocycles. The van der Waals surface area contributed by atoms with Gasteiger partial charge in [0.1, 0.15) is 0 Å². The zero-order chi connectivity index (χ0) is 13.7. The van der Waals surface area contributed by atoms with Crippen molar-refractivity contribution < 1.29 is 0 Å². The van der Waals surface area contributed by atoms with E-state index in [4.69, 9.17) is 10.7 Å². The van der Waals surface area contributed by atoms with Crippen molar-refractivity contribution in [1.82, 2.24) is 4.98 Å². The Kier molecular flexibility index (Phi) is 2.73. The molecule has 0 saturated carbocycles. The number of pyridine rings is 1. The molecule has 3 heteroatoms. The van der Waals surface area contributed by atoms with Crippen LogP contribution in [0.15, 0.2) is 30.3 Å². The first-order valence-electron chi connectivity index (χ1n) is 7.00. The van der Waals surface area contributed by atoms with Crippen molar-refractivity contribution in [1.29, 1.82) is 0 Å². The summed E-state index contributed by atoms with van der Waals surface area (Å²) in [5.74, 6) is 0. The van der Waals surface area contributed by atoms with Crippen LogP contribution >= 0.6 is 0 Å². The molecule has 1 aromatic carbocycles. The molecule has 0 radical (unpaired) electrons. The molecule has 100 valence electrons. The minimum atomic E-state index is 0.291. The second-order valence-corrected chi connectivity index (χ2v) is 7.70. The van der Waals surface area contributed by atoms with Gasteiger partial charge in [-0.3, -0.25) is 0 Å². The molecule has 2 N–H and O–H groups in total. The van der Waals surface area contributed by atoms with Crippen LogP contribution in [0.3, 0.4) is 0 Å². The first kappa shape index (κ1) is 12.2. The van der Waals surface area contributed by atoms with Crippen molar-refractivity contribution in [3.05, 3.63) is 47.2 Å². The number of anilines is 1. The van der Waals surface area contributed by atoms with E-state index in [1.165, 1.54) is 37.5 Å². The summed E-state index contributed by atoms with van der Waals surface area (Å²) in [4.78, 5) is 4.85. The summed E-state index contributed by atoms with van der Waals surface area (Å²) in [6.45, 7) is 2.12. The van der Waals surface area contributed by atoms with E-state index in [1.54, 1.807) is 0 Å². The van der Waals surface area contributed by atoms with E-state index in [0.717, 1.165) is 24.0 Å². The molecule has 0 unspecified atom stereocenters. The third-order valence-electron chi connectivity index (χ3n) is 4.06. The Morgan fingerprint density at radius 1 is 1.15 bits per heavy atom. The quantitative estimate of drug-likeness (QED) is 0.696. The third-order valence-corrected chi connectivity index (χ3v) is 6.59. The van der Waals surface area contributed by atoms with E-state index in [-0.39, 0.29) is 0 Å². The van der Waals surface area contributed by atoms with Crippen molar-refractivity contribution in [2.45, 2.75) is 26.2 Å². The number of aromatic nitrogens is 1. The number of nitrogens with two attached hydrogens (primary N) is 1. The summed E-state index contributed by atoms with van der Waals surface area (Å²) in [5.41, 5.74) is 13.7. The van der Waals surface area contributed by atoms with E-state index in [0.29, 0.717) is 14.5 Å². The van der Waals surface area contributed by atoms with E-state index in [1.807, 2.05) is 0 Å². The van der Waals surface area contributed by atoms with Crippen molar-refractivity contribution in [3.8, 4) is 10.0 Å². The molecule has 0 spiro atoms. The zero-order valence-corrected chi connectivity index (χ0v) is 13.2. The van der Waals surface area contributed by atoms with Crippen molar-refractivity contribution >= 4 is 30.0 Å². The number of nitrogen functional groups attached to an aromatic ring is 1. The number of hydrogen-bond acceptors (Lipinski definition) is 2. The molecular formula is C17H16N2Se. The Hall–Kier alpha value is -1.57. The van der Waals surface area contributed by atoms with Gasteiger partial charge in [0, 0.05) is 0 Å². The van der Waals surface area contributed by atoms with Crippen LogP contribution in [-0.2, 0) is 12.8 Å². The Bertz CT molecular complexity index is 800. The first-order chi connectivity index (χ1) is 9.72. The van der Waals surface area contributed by atoms with Crippen LogP contribution < -0.4 is 5.73 Å². The Balaban J connectivity index is 1.91. The van der Waals surface area contributed by atoms with Gasteiger partial charge in [0.15, 0.2) is 0 Å². The van der Waals surface area contributed by atoms with Crippen molar-refractivity contribution in [2.75, 3.05) is 5.73 Å². The number of hydrogen-bond donors (Lipinski definition) is 1. The molecular weight excluding hydrogens is 311 g/mol. The monoisotopic (exact) mass is 328 g/mol. The molecule has 0 fully saturated rings. The fraction of sp³-hybridized carbons (Fsp3) is 0.235. The summed E-state index contributed by atoms with van der Waals surface area (Å²) in [6, 6.07) is 11.0. The summed E-state index contributed by atoms with van der Waals surface area (Å²) >= 11 is 0.291. The molecule has 2 heterocycles. The molecule has 0 atom stereocenters. The van der Waals surface area contributed by atoms with E-state index in [9.17, 15) is 0 Å². The molecule has 0 amide bonds.